The average molecular weight is 464 g/mol. The maximum absolute atomic E-state index is 12.1. The normalized spacial score (nSPS) is 12.5. The SMILES string of the molecule is CC(C)c1nc(N(C)S(C)(=O)=O)nc(-c2ccccc2)c1C=CC(O)(O)CCCC(=O)O. The zero-order valence-electron chi connectivity index (χ0n) is 18.6. The molecular weight excluding hydrogens is 434 g/mol. The number of hydrogen-bond donors (Lipinski definition) is 3. The highest BCUT2D eigenvalue weighted by molar-refractivity contribution is 7.92. The highest BCUT2D eigenvalue weighted by atomic mass is 32.2. The molecule has 0 aliphatic carbocycles. The van der Waals surface area contributed by atoms with E-state index < -0.39 is 21.8 Å². The predicted molar refractivity (Wildman–Crippen MR) is 122 cm³/mol. The number of hydrogen-bond acceptors (Lipinski definition) is 7. The molecule has 2 rings (SSSR count). The summed E-state index contributed by atoms with van der Waals surface area (Å²) in [7, 11) is -2.23. The molecule has 0 radical (unpaired) electrons. The van der Waals surface area contributed by atoms with E-state index in [9.17, 15) is 23.4 Å². The predicted octanol–water partition coefficient (Wildman–Crippen LogP) is 2.61. The van der Waals surface area contributed by atoms with Crippen LogP contribution in [0.3, 0.4) is 0 Å². The van der Waals surface area contributed by atoms with E-state index in [1.807, 2.05) is 44.2 Å². The van der Waals surface area contributed by atoms with E-state index in [0.717, 1.165) is 10.6 Å². The Hall–Kier alpha value is -2.82. The Bertz CT molecular complexity index is 1080. The second-order valence-electron chi connectivity index (χ2n) is 7.88. The van der Waals surface area contributed by atoms with Crippen LogP contribution in [0.5, 0.6) is 0 Å². The molecule has 0 amide bonds. The van der Waals surface area contributed by atoms with Gasteiger partial charge in [-0.2, -0.15) is 0 Å². The molecular formula is C22H29N3O6S. The van der Waals surface area contributed by atoms with E-state index in [0.29, 0.717) is 22.5 Å². The summed E-state index contributed by atoms with van der Waals surface area (Å²) in [6.07, 6.45) is 3.46. The standard InChI is InChI=1S/C22H29N3O6S/c1-15(2)19-17(12-14-22(28,29)13-8-11-18(26)27)20(16-9-6-5-7-10-16)24-21(23-19)25(3)32(4,30)31/h5-7,9-10,12,14-15,28-29H,8,11,13H2,1-4H3,(H,26,27). The van der Waals surface area contributed by atoms with Gasteiger partial charge < -0.3 is 15.3 Å². The van der Waals surface area contributed by atoms with Crippen molar-refractivity contribution < 1.29 is 28.5 Å². The van der Waals surface area contributed by atoms with Gasteiger partial charge in [0.25, 0.3) is 0 Å². The minimum absolute atomic E-state index is 0.00733. The Labute approximate surface area is 188 Å². The summed E-state index contributed by atoms with van der Waals surface area (Å²) in [5.41, 5.74) is 2.18. The third-order valence-corrected chi connectivity index (χ3v) is 5.95. The van der Waals surface area contributed by atoms with Crippen molar-refractivity contribution in [2.75, 3.05) is 17.6 Å². The third kappa shape index (κ3) is 6.84. The first kappa shape index (κ1) is 25.4. The van der Waals surface area contributed by atoms with Crippen LogP contribution < -0.4 is 4.31 Å². The Kier molecular flexibility index (Phi) is 8.11. The van der Waals surface area contributed by atoms with Gasteiger partial charge in [-0.1, -0.05) is 44.2 Å². The summed E-state index contributed by atoms with van der Waals surface area (Å²) >= 11 is 0. The number of rotatable bonds is 10. The summed E-state index contributed by atoms with van der Waals surface area (Å²) in [4.78, 5) is 19.6. The molecule has 0 spiro atoms. The molecule has 0 unspecified atom stereocenters. The summed E-state index contributed by atoms with van der Waals surface area (Å²) in [6.45, 7) is 3.77. The molecule has 0 fully saturated rings. The van der Waals surface area contributed by atoms with Crippen molar-refractivity contribution in [3.8, 4) is 11.3 Å². The van der Waals surface area contributed by atoms with Crippen molar-refractivity contribution in [1.29, 1.82) is 0 Å². The lowest BCUT2D eigenvalue weighted by Gasteiger charge is -2.21. The topological polar surface area (TPSA) is 141 Å². The summed E-state index contributed by atoms with van der Waals surface area (Å²) in [6, 6.07) is 9.09. The van der Waals surface area contributed by atoms with Crippen LogP contribution in [0, 0.1) is 0 Å². The summed E-state index contributed by atoms with van der Waals surface area (Å²) in [5.74, 6) is -3.37. The molecule has 2 aromatic rings. The maximum atomic E-state index is 12.1. The molecule has 174 valence electrons. The van der Waals surface area contributed by atoms with E-state index >= 15 is 0 Å². The number of nitrogens with zero attached hydrogens (tertiary/aromatic N) is 3. The van der Waals surface area contributed by atoms with Gasteiger partial charge in [-0.15, -0.1) is 0 Å². The lowest BCUT2D eigenvalue weighted by Crippen LogP contribution is -2.28. The van der Waals surface area contributed by atoms with Gasteiger partial charge in [0.05, 0.1) is 17.6 Å². The van der Waals surface area contributed by atoms with Crippen LogP contribution in [0.25, 0.3) is 17.3 Å². The minimum Gasteiger partial charge on any atom is -0.481 e. The number of sulfonamides is 1. The van der Waals surface area contributed by atoms with Crippen molar-refractivity contribution in [3.63, 3.8) is 0 Å². The van der Waals surface area contributed by atoms with Gasteiger partial charge in [-0.25, -0.2) is 22.7 Å². The zero-order chi connectivity index (χ0) is 24.1. The van der Waals surface area contributed by atoms with E-state index in [4.69, 9.17) is 5.11 Å². The van der Waals surface area contributed by atoms with Crippen LogP contribution in [0.4, 0.5) is 5.95 Å². The fraction of sp³-hybridized carbons (Fsp3) is 0.409. The molecule has 0 saturated carbocycles. The van der Waals surface area contributed by atoms with Crippen LogP contribution >= 0.6 is 0 Å². The van der Waals surface area contributed by atoms with E-state index in [-0.39, 0.29) is 31.1 Å². The first-order valence-electron chi connectivity index (χ1n) is 10.1. The molecule has 0 aliphatic rings. The lowest BCUT2D eigenvalue weighted by molar-refractivity contribution is -0.139. The first-order chi connectivity index (χ1) is 14.8. The third-order valence-electron chi connectivity index (χ3n) is 4.79. The van der Waals surface area contributed by atoms with Gasteiger partial charge in [0.15, 0.2) is 5.79 Å². The number of aromatic nitrogens is 2. The van der Waals surface area contributed by atoms with Crippen LogP contribution in [0.1, 0.15) is 50.3 Å². The van der Waals surface area contributed by atoms with Crippen molar-refractivity contribution in [1.82, 2.24) is 9.97 Å². The molecule has 0 bridgehead atoms. The fourth-order valence-electron chi connectivity index (χ4n) is 2.98. The van der Waals surface area contributed by atoms with Gasteiger partial charge in [0, 0.05) is 31.0 Å². The van der Waals surface area contributed by atoms with Gasteiger partial charge in [-0.3, -0.25) is 4.79 Å². The number of aliphatic hydroxyl groups is 2. The van der Waals surface area contributed by atoms with Crippen molar-refractivity contribution >= 4 is 28.0 Å². The molecule has 0 saturated heterocycles. The van der Waals surface area contributed by atoms with Crippen molar-refractivity contribution in [2.24, 2.45) is 0 Å². The number of benzene rings is 1. The van der Waals surface area contributed by atoms with Crippen LogP contribution in [-0.2, 0) is 14.8 Å². The maximum Gasteiger partial charge on any atom is 0.303 e. The highest BCUT2D eigenvalue weighted by Gasteiger charge is 2.24. The number of carbonyl (C=O) groups is 1. The van der Waals surface area contributed by atoms with E-state index in [1.54, 1.807) is 0 Å². The molecule has 3 N–H and O–H groups in total. The Morgan fingerprint density at radius 1 is 1.19 bits per heavy atom. The van der Waals surface area contributed by atoms with E-state index in [2.05, 4.69) is 9.97 Å². The molecule has 0 aliphatic heterocycles. The van der Waals surface area contributed by atoms with Gasteiger partial charge in [0.2, 0.25) is 16.0 Å². The fourth-order valence-corrected chi connectivity index (χ4v) is 3.36. The van der Waals surface area contributed by atoms with E-state index in [1.165, 1.54) is 19.2 Å². The molecule has 1 aromatic carbocycles. The number of carboxylic acids is 1. The quantitative estimate of drug-likeness (QED) is 0.457. The number of anilines is 1. The molecule has 9 nitrogen and oxygen atoms in total. The number of aliphatic carboxylic acids is 1. The average Bonchev–Trinajstić information content (AvgIpc) is 2.70. The first-order valence-corrected chi connectivity index (χ1v) is 11.9. The number of carboxylic acid groups (broad SMARTS) is 1. The molecule has 1 aromatic heterocycles. The minimum atomic E-state index is -3.60. The van der Waals surface area contributed by atoms with Crippen LogP contribution in [0.15, 0.2) is 36.4 Å². The Morgan fingerprint density at radius 2 is 1.81 bits per heavy atom. The molecule has 10 heteroatoms. The second-order valence-corrected chi connectivity index (χ2v) is 9.90. The van der Waals surface area contributed by atoms with Crippen LogP contribution in [-0.4, -0.2) is 58.8 Å². The Balaban J connectivity index is 2.63. The summed E-state index contributed by atoms with van der Waals surface area (Å²) < 4.78 is 25.1. The van der Waals surface area contributed by atoms with Gasteiger partial charge in [0.1, 0.15) is 0 Å². The van der Waals surface area contributed by atoms with Gasteiger partial charge >= 0.3 is 5.97 Å². The van der Waals surface area contributed by atoms with Gasteiger partial charge in [-0.05, 0) is 24.5 Å². The highest BCUT2D eigenvalue weighted by Crippen LogP contribution is 2.32. The lowest BCUT2D eigenvalue weighted by atomic mass is 9.97. The molecule has 0 atom stereocenters. The van der Waals surface area contributed by atoms with Crippen LogP contribution in [0.2, 0.25) is 0 Å². The van der Waals surface area contributed by atoms with Crippen molar-refractivity contribution in [2.45, 2.75) is 44.8 Å². The Morgan fingerprint density at radius 3 is 2.34 bits per heavy atom. The largest absolute Gasteiger partial charge is 0.481 e. The smallest absolute Gasteiger partial charge is 0.303 e. The summed E-state index contributed by atoms with van der Waals surface area (Å²) in [5, 5.41) is 29.3. The van der Waals surface area contributed by atoms with Crippen molar-refractivity contribution in [3.05, 3.63) is 47.7 Å². The molecule has 1 heterocycles. The monoisotopic (exact) mass is 463 g/mol. The zero-order valence-corrected chi connectivity index (χ0v) is 19.4. The second kappa shape index (κ2) is 10.2. The molecule has 32 heavy (non-hydrogen) atoms.